The number of halogens is 1. The van der Waals surface area contributed by atoms with E-state index in [-0.39, 0.29) is 36.2 Å². The van der Waals surface area contributed by atoms with Gasteiger partial charge in [0.1, 0.15) is 5.75 Å². The lowest BCUT2D eigenvalue weighted by Crippen LogP contribution is -2.45. The summed E-state index contributed by atoms with van der Waals surface area (Å²) in [6.07, 6.45) is 1.20. The van der Waals surface area contributed by atoms with Crippen molar-refractivity contribution in [2.75, 3.05) is 58.4 Å². The first-order valence-electron chi connectivity index (χ1n) is 11.1. The number of benzene rings is 1. The summed E-state index contributed by atoms with van der Waals surface area (Å²) in [5.74, 6) is 2.28. The molecule has 1 aromatic rings. The number of rotatable bonds is 11. The second-order valence-electron chi connectivity index (χ2n) is 8.42. The Morgan fingerprint density at radius 1 is 1.23 bits per heavy atom. The summed E-state index contributed by atoms with van der Waals surface area (Å²) in [7, 11) is 1.72. The lowest BCUT2D eigenvalue weighted by molar-refractivity contribution is -0.0261. The predicted octanol–water partition coefficient (Wildman–Crippen LogP) is 3.84. The average molecular weight is 549 g/mol. The lowest BCUT2D eigenvalue weighted by Gasteiger charge is -2.33. The minimum atomic E-state index is 0. The Morgan fingerprint density at radius 2 is 1.97 bits per heavy atom. The molecular weight excluding hydrogens is 507 g/mol. The van der Waals surface area contributed by atoms with Gasteiger partial charge in [0.2, 0.25) is 0 Å². The molecule has 2 rings (SSSR count). The van der Waals surface area contributed by atoms with Gasteiger partial charge < -0.3 is 24.8 Å². The number of nitrogens with one attached hydrogen (secondary N) is 2. The summed E-state index contributed by atoms with van der Waals surface area (Å²) in [5, 5.41) is 6.78. The summed E-state index contributed by atoms with van der Waals surface area (Å²) < 4.78 is 16.8. The van der Waals surface area contributed by atoms with Crippen LogP contribution >= 0.6 is 24.0 Å². The van der Waals surface area contributed by atoms with Crippen LogP contribution < -0.4 is 15.4 Å². The zero-order valence-electron chi connectivity index (χ0n) is 19.7. The van der Waals surface area contributed by atoms with Gasteiger partial charge in [-0.2, -0.15) is 0 Å². The van der Waals surface area contributed by atoms with Crippen molar-refractivity contribution in [3.8, 4) is 5.75 Å². The van der Waals surface area contributed by atoms with Crippen molar-refractivity contribution in [3.63, 3.8) is 0 Å². The number of nitrogens with zero attached hydrogens (tertiary/aromatic N) is 2. The first kappa shape index (κ1) is 27.9. The maximum absolute atomic E-state index is 5.95. The number of hydrogen-bond acceptors (Lipinski definition) is 5. The molecule has 1 saturated heterocycles. The van der Waals surface area contributed by atoms with E-state index in [9.17, 15) is 0 Å². The van der Waals surface area contributed by atoms with Crippen molar-refractivity contribution < 1.29 is 14.2 Å². The fourth-order valence-electron chi connectivity index (χ4n) is 3.35. The Hall–Kier alpha value is -1.10. The predicted molar refractivity (Wildman–Crippen MR) is 139 cm³/mol. The van der Waals surface area contributed by atoms with Gasteiger partial charge in [0.15, 0.2) is 5.96 Å². The van der Waals surface area contributed by atoms with Crippen LogP contribution in [0.1, 0.15) is 34.1 Å². The number of anilines is 1. The summed E-state index contributed by atoms with van der Waals surface area (Å²) in [6, 6.07) is 7.95. The molecule has 7 nitrogen and oxygen atoms in total. The van der Waals surface area contributed by atoms with E-state index in [1.54, 1.807) is 7.11 Å². The molecule has 2 N–H and O–H groups in total. The van der Waals surface area contributed by atoms with Crippen molar-refractivity contribution in [3.05, 3.63) is 24.3 Å². The fraction of sp³-hybridized carbons (Fsp3) is 0.696. The largest absolute Gasteiger partial charge is 0.491 e. The highest BCUT2D eigenvalue weighted by Crippen LogP contribution is 2.17. The van der Waals surface area contributed by atoms with Crippen molar-refractivity contribution in [2.45, 2.75) is 46.3 Å². The first-order chi connectivity index (χ1) is 14.5. The number of guanidine groups is 1. The van der Waals surface area contributed by atoms with E-state index in [0.29, 0.717) is 12.5 Å². The zero-order chi connectivity index (χ0) is 21.8. The van der Waals surface area contributed by atoms with Crippen LogP contribution in [0.5, 0.6) is 5.75 Å². The van der Waals surface area contributed by atoms with Crippen LogP contribution in [-0.2, 0) is 9.47 Å². The Kier molecular flexibility index (Phi) is 14.1. The summed E-state index contributed by atoms with van der Waals surface area (Å²) in [5.41, 5.74) is 0.968. The zero-order valence-corrected chi connectivity index (χ0v) is 22.1. The maximum atomic E-state index is 5.95. The minimum absolute atomic E-state index is 0. The number of aliphatic imine (C=N–C) groups is 1. The molecule has 0 bridgehead atoms. The monoisotopic (exact) mass is 548 g/mol. The summed E-state index contributed by atoms with van der Waals surface area (Å²) >= 11 is 0. The van der Waals surface area contributed by atoms with E-state index in [2.05, 4.69) is 29.4 Å². The van der Waals surface area contributed by atoms with Crippen molar-refractivity contribution >= 4 is 35.6 Å². The van der Waals surface area contributed by atoms with Crippen LogP contribution in [0.4, 0.5) is 5.69 Å². The molecule has 0 radical (unpaired) electrons. The lowest BCUT2D eigenvalue weighted by atomic mass is 10.2. The normalized spacial score (nSPS) is 17.5. The Balaban J connectivity index is 0.00000480. The standard InChI is InChI=1S/C23H40N4O3.HI/c1-18(2)16-27-12-14-29-22(17-27)15-25-23(24-11-6-13-28-5)26-20-7-9-21(10-8-20)30-19(3)4;/h7-10,18-19,22H,6,11-17H2,1-5H3,(H2,24,25,26);1H. The van der Waals surface area contributed by atoms with Gasteiger partial charge in [-0.15, -0.1) is 24.0 Å². The molecule has 0 aromatic heterocycles. The van der Waals surface area contributed by atoms with Gasteiger partial charge in [0.25, 0.3) is 0 Å². The average Bonchev–Trinajstić information content (AvgIpc) is 2.70. The highest BCUT2D eigenvalue weighted by atomic mass is 127. The molecule has 0 spiro atoms. The fourth-order valence-corrected chi connectivity index (χ4v) is 3.35. The molecule has 1 unspecified atom stereocenters. The van der Waals surface area contributed by atoms with E-state index in [1.165, 1.54) is 0 Å². The van der Waals surface area contributed by atoms with Crippen LogP contribution in [0.2, 0.25) is 0 Å². The number of ether oxygens (including phenoxy) is 3. The quantitative estimate of drug-likeness (QED) is 0.190. The third kappa shape index (κ3) is 11.9. The smallest absolute Gasteiger partial charge is 0.195 e. The summed E-state index contributed by atoms with van der Waals surface area (Å²) in [4.78, 5) is 7.27. The second kappa shape index (κ2) is 15.7. The van der Waals surface area contributed by atoms with Crippen LogP contribution in [0.15, 0.2) is 29.3 Å². The second-order valence-corrected chi connectivity index (χ2v) is 8.42. The molecule has 1 aliphatic rings. The van der Waals surface area contributed by atoms with E-state index < -0.39 is 0 Å². The molecule has 0 amide bonds. The molecule has 1 atom stereocenters. The van der Waals surface area contributed by atoms with Gasteiger partial charge >= 0.3 is 0 Å². The minimum Gasteiger partial charge on any atom is -0.491 e. The van der Waals surface area contributed by atoms with Gasteiger partial charge in [-0.05, 0) is 50.5 Å². The molecular formula is C23H41IN4O3. The van der Waals surface area contributed by atoms with Crippen molar-refractivity contribution in [1.29, 1.82) is 0 Å². The number of methoxy groups -OCH3 is 1. The molecule has 0 aliphatic carbocycles. The molecule has 1 aromatic carbocycles. The molecule has 178 valence electrons. The van der Waals surface area contributed by atoms with Gasteiger partial charge in [-0.25, -0.2) is 0 Å². The third-order valence-corrected chi connectivity index (χ3v) is 4.61. The molecule has 31 heavy (non-hydrogen) atoms. The van der Waals surface area contributed by atoms with Gasteiger partial charge in [0.05, 0.1) is 25.4 Å². The van der Waals surface area contributed by atoms with E-state index in [0.717, 1.165) is 63.2 Å². The highest BCUT2D eigenvalue weighted by Gasteiger charge is 2.20. The maximum Gasteiger partial charge on any atom is 0.195 e. The number of morpholine rings is 1. The Labute approximate surface area is 205 Å². The third-order valence-electron chi connectivity index (χ3n) is 4.61. The van der Waals surface area contributed by atoms with Crippen LogP contribution in [0.25, 0.3) is 0 Å². The topological polar surface area (TPSA) is 67.4 Å². The Morgan fingerprint density at radius 3 is 2.61 bits per heavy atom. The molecule has 1 fully saturated rings. The summed E-state index contributed by atoms with van der Waals surface area (Å²) in [6.45, 7) is 14.5. The molecule has 1 aliphatic heterocycles. The first-order valence-corrected chi connectivity index (χ1v) is 11.1. The molecule has 0 saturated carbocycles. The van der Waals surface area contributed by atoms with Crippen LogP contribution in [-0.4, -0.2) is 76.1 Å². The van der Waals surface area contributed by atoms with Crippen molar-refractivity contribution in [1.82, 2.24) is 10.2 Å². The Bertz CT molecular complexity index is 626. The van der Waals surface area contributed by atoms with Crippen LogP contribution in [0.3, 0.4) is 0 Å². The van der Waals surface area contributed by atoms with Gasteiger partial charge in [-0.3, -0.25) is 9.89 Å². The van der Waals surface area contributed by atoms with E-state index in [1.807, 2.05) is 38.1 Å². The molecule has 1 heterocycles. The highest BCUT2D eigenvalue weighted by molar-refractivity contribution is 14.0. The van der Waals surface area contributed by atoms with Gasteiger partial charge in [0, 0.05) is 45.6 Å². The van der Waals surface area contributed by atoms with Crippen molar-refractivity contribution in [2.24, 2.45) is 10.9 Å². The molecule has 8 heteroatoms. The SMILES string of the molecule is COCCCNC(=NCC1CN(CC(C)C)CCO1)Nc1ccc(OC(C)C)cc1.I. The number of hydrogen-bond donors (Lipinski definition) is 2. The van der Waals surface area contributed by atoms with Gasteiger partial charge in [-0.1, -0.05) is 13.8 Å². The van der Waals surface area contributed by atoms with E-state index in [4.69, 9.17) is 19.2 Å². The van der Waals surface area contributed by atoms with Crippen LogP contribution in [0, 0.1) is 5.92 Å². The van der Waals surface area contributed by atoms with E-state index >= 15 is 0 Å².